The summed E-state index contributed by atoms with van der Waals surface area (Å²) in [5.74, 6) is 2.91. The summed E-state index contributed by atoms with van der Waals surface area (Å²) in [5.41, 5.74) is 0. The van der Waals surface area contributed by atoms with E-state index >= 15 is 0 Å². The van der Waals surface area contributed by atoms with Crippen LogP contribution in [0.3, 0.4) is 0 Å². The zero-order valence-corrected chi connectivity index (χ0v) is 9.08. The van der Waals surface area contributed by atoms with Crippen molar-refractivity contribution >= 4 is 5.91 Å². The van der Waals surface area contributed by atoms with E-state index in [9.17, 15) is 4.79 Å². The molecule has 0 unspecified atom stereocenters. The van der Waals surface area contributed by atoms with Crippen LogP contribution < -0.4 is 10.6 Å². The maximum Gasteiger partial charge on any atom is 0.246 e. The summed E-state index contributed by atoms with van der Waals surface area (Å²) in [7, 11) is 1.95. The number of terminal acetylenes is 1. The molecule has 2 N–H and O–H groups in total. The van der Waals surface area contributed by atoms with Gasteiger partial charge in [-0.05, 0) is 32.4 Å². The van der Waals surface area contributed by atoms with Gasteiger partial charge in [0.1, 0.15) is 6.61 Å². The second kappa shape index (κ2) is 6.44. The molecule has 1 aliphatic carbocycles. The molecule has 0 aromatic rings. The third-order valence-electron chi connectivity index (χ3n) is 2.52. The van der Waals surface area contributed by atoms with E-state index in [2.05, 4.69) is 16.6 Å². The van der Waals surface area contributed by atoms with Crippen LogP contribution in [0.2, 0.25) is 0 Å². The number of hydrogen-bond acceptors (Lipinski definition) is 3. The van der Waals surface area contributed by atoms with Gasteiger partial charge in [-0.2, -0.15) is 0 Å². The second-order valence-corrected chi connectivity index (χ2v) is 3.81. The maximum absolute atomic E-state index is 11.1. The molecule has 1 rings (SSSR count). The minimum atomic E-state index is -0.134. The standard InChI is InChI=1S/C11H18N2O2/c1-3-4-13-11(14)8-15-10-5-9(6-10)7-12-2/h1,9-10,12H,4-8H2,2H3,(H,13,14). The van der Waals surface area contributed by atoms with Crippen molar-refractivity contribution in [2.75, 3.05) is 26.7 Å². The van der Waals surface area contributed by atoms with E-state index < -0.39 is 0 Å². The van der Waals surface area contributed by atoms with E-state index in [1.807, 2.05) is 7.05 Å². The van der Waals surface area contributed by atoms with Gasteiger partial charge in [0.15, 0.2) is 0 Å². The Morgan fingerprint density at radius 2 is 2.33 bits per heavy atom. The van der Waals surface area contributed by atoms with Crippen molar-refractivity contribution in [3.63, 3.8) is 0 Å². The number of rotatable bonds is 6. The van der Waals surface area contributed by atoms with Crippen molar-refractivity contribution in [2.24, 2.45) is 5.92 Å². The van der Waals surface area contributed by atoms with Crippen LogP contribution in [-0.2, 0) is 9.53 Å². The fourth-order valence-electron chi connectivity index (χ4n) is 1.66. The van der Waals surface area contributed by atoms with E-state index in [-0.39, 0.29) is 25.2 Å². The van der Waals surface area contributed by atoms with Crippen LogP contribution in [0, 0.1) is 18.3 Å². The van der Waals surface area contributed by atoms with Gasteiger partial charge < -0.3 is 15.4 Å². The molecule has 4 nitrogen and oxygen atoms in total. The SMILES string of the molecule is C#CCNC(=O)COC1CC(CNC)C1. The van der Waals surface area contributed by atoms with E-state index in [1.165, 1.54) is 0 Å². The molecule has 0 spiro atoms. The molecule has 84 valence electrons. The zero-order valence-electron chi connectivity index (χ0n) is 9.08. The molecule has 1 amide bonds. The summed E-state index contributed by atoms with van der Waals surface area (Å²) in [5, 5.41) is 5.69. The smallest absolute Gasteiger partial charge is 0.246 e. The van der Waals surface area contributed by atoms with Gasteiger partial charge in [0.2, 0.25) is 5.91 Å². The Morgan fingerprint density at radius 1 is 1.60 bits per heavy atom. The maximum atomic E-state index is 11.1. The summed E-state index contributed by atoms with van der Waals surface area (Å²) < 4.78 is 5.40. The molecule has 0 radical (unpaired) electrons. The summed E-state index contributed by atoms with van der Waals surface area (Å²) in [6.07, 6.45) is 7.35. The average molecular weight is 210 g/mol. The first-order chi connectivity index (χ1) is 7.26. The molecular weight excluding hydrogens is 192 g/mol. The van der Waals surface area contributed by atoms with Crippen molar-refractivity contribution in [1.29, 1.82) is 0 Å². The van der Waals surface area contributed by atoms with E-state index in [4.69, 9.17) is 11.2 Å². The van der Waals surface area contributed by atoms with Gasteiger partial charge in [-0.25, -0.2) is 0 Å². The lowest BCUT2D eigenvalue weighted by Gasteiger charge is -2.34. The highest BCUT2D eigenvalue weighted by molar-refractivity contribution is 5.77. The van der Waals surface area contributed by atoms with Gasteiger partial charge in [-0.1, -0.05) is 5.92 Å². The number of amides is 1. The predicted octanol–water partition coefficient (Wildman–Crippen LogP) is -0.250. The zero-order chi connectivity index (χ0) is 11.1. The van der Waals surface area contributed by atoms with Gasteiger partial charge in [0.05, 0.1) is 12.6 Å². The number of carbonyl (C=O) groups excluding carboxylic acids is 1. The molecule has 1 aliphatic rings. The molecule has 0 atom stereocenters. The lowest BCUT2D eigenvalue weighted by molar-refractivity contribution is -0.130. The molecule has 0 saturated heterocycles. The second-order valence-electron chi connectivity index (χ2n) is 3.81. The first-order valence-corrected chi connectivity index (χ1v) is 5.22. The number of hydrogen-bond donors (Lipinski definition) is 2. The van der Waals surface area contributed by atoms with Crippen LogP contribution in [0.5, 0.6) is 0 Å². The Morgan fingerprint density at radius 3 is 2.93 bits per heavy atom. The molecule has 1 fully saturated rings. The van der Waals surface area contributed by atoms with Crippen molar-refractivity contribution < 1.29 is 9.53 Å². The Kier molecular flexibility index (Phi) is 5.16. The molecular formula is C11H18N2O2. The normalized spacial score (nSPS) is 24.0. The Bertz CT molecular complexity index is 241. The molecule has 0 heterocycles. The van der Waals surface area contributed by atoms with Crippen LogP contribution in [0.1, 0.15) is 12.8 Å². The Labute approximate surface area is 90.8 Å². The summed E-state index contributed by atoms with van der Waals surface area (Å²) in [6, 6.07) is 0. The van der Waals surface area contributed by atoms with E-state index in [0.29, 0.717) is 5.92 Å². The molecule has 4 heteroatoms. The van der Waals surface area contributed by atoms with Gasteiger partial charge in [0, 0.05) is 0 Å². The quantitative estimate of drug-likeness (QED) is 0.594. The summed E-state index contributed by atoms with van der Waals surface area (Å²) in [4.78, 5) is 11.1. The molecule has 1 saturated carbocycles. The summed E-state index contributed by atoms with van der Waals surface area (Å²) in [6.45, 7) is 1.43. The van der Waals surface area contributed by atoms with Gasteiger partial charge >= 0.3 is 0 Å². The number of carbonyl (C=O) groups is 1. The lowest BCUT2D eigenvalue weighted by atomic mass is 9.82. The third-order valence-corrected chi connectivity index (χ3v) is 2.52. The molecule has 0 aliphatic heterocycles. The predicted molar refractivity (Wildman–Crippen MR) is 58.2 cm³/mol. The summed E-state index contributed by atoms with van der Waals surface area (Å²) >= 11 is 0. The highest BCUT2D eigenvalue weighted by Gasteiger charge is 2.29. The van der Waals surface area contributed by atoms with Gasteiger partial charge in [-0.15, -0.1) is 6.42 Å². The van der Waals surface area contributed by atoms with E-state index in [1.54, 1.807) is 0 Å². The first-order valence-electron chi connectivity index (χ1n) is 5.22. The van der Waals surface area contributed by atoms with Gasteiger partial charge in [-0.3, -0.25) is 4.79 Å². The average Bonchev–Trinajstić information content (AvgIpc) is 2.18. The minimum Gasteiger partial charge on any atom is -0.368 e. The molecule has 0 aromatic heterocycles. The fourth-order valence-corrected chi connectivity index (χ4v) is 1.66. The van der Waals surface area contributed by atoms with Crippen LogP contribution in [0.4, 0.5) is 0 Å². The van der Waals surface area contributed by atoms with Crippen molar-refractivity contribution in [1.82, 2.24) is 10.6 Å². The molecule has 0 aromatic carbocycles. The fraction of sp³-hybridized carbons (Fsp3) is 0.727. The first kappa shape index (κ1) is 12.0. The Balaban J connectivity index is 1.98. The largest absolute Gasteiger partial charge is 0.368 e. The topological polar surface area (TPSA) is 50.4 Å². The van der Waals surface area contributed by atoms with Crippen LogP contribution in [-0.4, -0.2) is 38.8 Å². The van der Waals surface area contributed by atoms with Crippen LogP contribution in [0.15, 0.2) is 0 Å². The highest BCUT2D eigenvalue weighted by Crippen LogP contribution is 2.29. The van der Waals surface area contributed by atoms with E-state index in [0.717, 1.165) is 19.4 Å². The third kappa shape index (κ3) is 4.32. The van der Waals surface area contributed by atoms with Crippen LogP contribution in [0.25, 0.3) is 0 Å². The monoisotopic (exact) mass is 210 g/mol. The molecule has 15 heavy (non-hydrogen) atoms. The van der Waals surface area contributed by atoms with Crippen molar-refractivity contribution in [3.8, 4) is 12.3 Å². The van der Waals surface area contributed by atoms with Crippen LogP contribution >= 0.6 is 0 Å². The minimum absolute atomic E-state index is 0.124. The highest BCUT2D eigenvalue weighted by atomic mass is 16.5. The number of nitrogens with one attached hydrogen (secondary N) is 2. The van der Waals surface area contributed by atoms with Crippen molar-refractivity contribution in [2.45, 2.75) is 18.9 Å². The lowest BCUT2D eigenvalue weighted by Crippen LogP contribution is -2.39. The molecule has 0 bridgehead atoms. The van der Waals surface area contributed by atoms with Crippen molar-refractivity contribution in [3.05, 3.63) is 0 Å². The van der Waals surface area contributed by atoms with Gasteiger partial charge in [0.25, 0.3) is 0 Å². The number of ether oxygens (including phenoxy) is 1. The Hall–Kier alpha value is -1.05.